The van der Waals surface area contributed by atoms with E-state index < -0.39 is 0 Å². The molecule has 2 unspecified atom stereocenters. The quantitative estimate of drug-likeness (QED) is 0.641. The summed E-state index contributed by atoms with van der Waals surface area (Å²) in [7, 11) is 0. The predicted molar refractivity (Wildman–Crippen MR) is 70.9 cm³/mol. The Morgan fingerprint density at radius 3 is 2.39 bits per heavy atom. The van der Waals surface area contributed by atoms with Gasteiger partial charge in [0.15, 0.2) is 0 Å². The van der Waals surface area contributed by atoms with Gasteiger partial charge in [0.2, 0.25) is 0 Å². The second-order valence-electron chi connectivity index (χ2n) is 6.37. The second-order valence-corrected chi connectivity index (χ2v) is 6.37. The Labute approximate surface area is 109 Å². The molecule has 18 heavy (non-hydrogen) atoms. The van der Waals surface area contributed by atoms with Gasteiger partial charge in [0, 0.05) is 5.92 Å². The third-order valence-electron chi connectivity index (χ3n) is 3.79. The highest BCUT2D eigenvalue weighted by atomic mass is 16.5. The molecule has 2 atom stereocenters. The van der Waals surface area contributed by atoms with Crippen LogP contribution in [0.3, 0.4) is 0 Å². The highest BCUT2D eigenvalue weighted by Crippen LogP contribution is 2.47. The Bertz CT molecular complexity index is 423. The van der Waals surface area contributed by atoms with Gasteiger partial charge in [0.25, 0.3) is 0 Å². The fraction of sp³-hybridized carbons (Fsp3) is 0.714. The largest absolute Gasteiger partial charge is 0.465 e. The number of hydrazine groups is 1. The first-order valence-corrected chi connectivity index (χ1v) is 6.48. The zero-order valence-corrected chi connectivity index (χ0v) is 11.9. The predicted octanol–water partition coefficient (Wildman–Crippen LogP) is 2.69. The molecule has 2 rings (SSSR count). The number of aryl methyl sites for hydroxylation is 1. The minimum atomic E-state index is -0.221. The number of furan rings is 1. The van der Waals surface area contributed by atoms with Crippen molar-refractivity contribution >= 4 is 0 Å². The third-order valence-corrected chi connectivity index (χ3v) is 3.79. The summed E-state index contributed by atoms with van der Waals surface area (Å²) in [6.45, 7) is 10.4. The number of nitrogens with one attached hydrogen (secondary N) is 1. The van der Waals surface area contributed by atoms with Crippen molar-refractivity contribution in [3.63, 3.8) is 0 Å². The van der Waals surface area contributed by atoms with Crippen molar-refractivity contribution in [1.82, 2.24) is 5.43 Å². The molecule has 0 spiro atoms. The summed E-state index contributed by atoms with van der Waals surface area (Å²) in [5.74, 6) is 7.81. The Balaban J connectivity index is 2.28. The van der Waals surface area contributed by atoms with E-state index in [1.165, 1.54) is 0 Å². The van der Waals surface area contributed by atoms with Crippen LogP contribution < -0.4 is 11.3 Å². The highest BCUT2D eigenvalue weighted by Gasteiger charge is 2.49. The molecule has 1 aromatic heterocycles. The van der Waals surface area contributed by atoms with Gasteiger partial charge in [-0.05, 0) is 53.2 Å². The van der Waals surface area contributed by atoms with Gasteiger partial charge in [-0.2, -0.15) is 0 Å². The summed E-state index contributed by atoms with van der Waals surface area (Å²) in [6, 6.07) is 3.94. The molecule has 0 aliphatic carbocycles. The highest BCUT2D eigenvalue weighted by molar-refractivity contribution is 5.14. The molecule has 4 heteroatoms. The van der Waals surface area contributed by atoms with E-state index in [1.54, 1.807) is 0 Å². The first-order valence-electron chi connectivity index (χ1n) is 6.48. The van der Waals surface area contributed by atoms with Crippen LogP contribution in [0.15, 0.2) is 16.5 Å². The molecule has 102 valence electrons. The fourth-order valence-electron chi connectivity index (χ4n) is 3.14. The maximum atomic E-state index is 6.12. The maximum Gasteiger partial charge on any atom is 0.122 e. The standard InChI is InChI=1S/C14H24N2O2/c1-9-6-7-11(17-9)12(16-15)10-8-13(2,3)18-14(10,4)5/h6-7,10,12,16H,8,15H2,1-5H3. The summed E-state index contributed by atoms with van der Waals surface area (Å²) in [5.41, 5.74) is 2.55. The zero-order valence-electron chi connectivity index (χ0n) is 11.9. The molecule has 1 fully saturated rings. The van der Waals surface area contributed by atoms with Crippen LogP contribution in [0.2, 0.25) is 0 Å². The van der Waals surface area contributed by atoms with Crippen LogP contribution >= 0.6 is 0 Å². The molecule has 0 radical (unpaired) electrons. The Morgan fingerprint density at radius 2 is 2.00 bits per heavy atom. The topological polar surface area (TPSA) is 60.4 Å². The average molecular weight is 252 g/mol. The summed E-state index contributed by atoms with van der Waals surface area (Å²) in [5, 5.41) is 0. The van der Waals surface area contributed by atoms with E-state index in [4.69, 9.17) is 15.0 Å². The Hall–Kier alpha value is -0.840. The number of nitrogens with two attached hydrogens (primary N) is 1. The lowest BCUT2D eigenvalue weighted by atomic mass is 9.81. The molecule has 4 nitrogen and oxygen atoms in total. The van der Waals surface area contributed by atoms with Crippen molar-refractivity contribution in [2.75, 3.05) is 0 Å². The molecule has 1 aliphatic heterocycles. The normalized spacial score (nSPS) is 27.3. The smallest absolute Gasteiger partial charge is 0.122 e. The Kier molecular flexibility index (Phi) is 3.30. The van der Waals surface area contributed by atoms with Crippen LogP contribution in [0, 0.1) is 12.8 Å². The van der Waals surface area contributed by atoms with Crippen LogP contribution in [-0.4, -0.2) is 11.2 Å². The summed E-state index contributed by atoms with van der Waals surface area (Å²) >= 11 is 0. The van der Waals surface area contributed by atoms with Crippen LogP contribution in [0.25, 0.3) is 0 Å². The third kappa shape index (κ3) is 2.46. The summed E-state index contributed by atoms with van der Waals surface area (Å²) in [6.07, 6.45) is 0.953. The van der Waals surface area contributed by atoms with E-state index in [2.05, 4.69) is 33.1 Å². The van der Waals surface area contributed by atoms with Gasteiger partial charge in [0.05, 0.1) is 17.2 Å². The van der Waals surface area contributed by atoms with E-state index in [1.807, 2.05) is 19.1 Å². The first-order chi connectivity index (χ1) is 8.25. The van der Waals surface area contributed by atoms with Gasteiger partial charge >= 0.3 is 0 Å². The molecule has 0 aromatic carbocycles. The van der Waals surface area contributed by atoms with Gasteiger partial charge < -0.3 is 9.15 Å². The molecular weight excluding hydrogens is 228 g/mol. The minimum Gasteiger partial charge on any atom is -0.465 e. The van der Waals surface area contributed by atoms with Gasteiger partial charge in [-0.15, -0.1) is 0 Å². The monoisotopic (exact) mass is 252 g/mol. The van der Waals surface area contributed by atoms with E-state index in [-0.39, 0.29) is 23.2 Å². The molecule has 1 aliphatic rings. The van der Waals surface area contributed by atoms with Crippen molar-refractivity contribution in [1.29, 1.82) is 0 Å². The minimum absolute atomic E-state index is 0.0181. The molecule has 0 saturated carbocycles. The van der Waals surface area contributed by atoms with Crippen LogP contribution in [0.4, 0.5) is 0 Å². The molecule has 1 aromatic rings. The molecule has 1 saturated heterocycles. The van der Waals surface area contributed by atoms with E-state index >= 15 is 0 Å². The van der Waals surface area contributed by atoms with Gasteiger partial charge in [-0.1, -0.05) is 0 Å². The lowest BCUT2D eigenvalue weighted by Crippen LogP contribution is -2.41. The fourth-order valence-corrected chi connectivity index (χ4v) is 3.14. The summed E-state index contributed by atoms with van der Waals surface area (Å²) < 4.78 is 11.8. The van der Waals surface area contributed by atoms with Crippen LogP contribution in [0.5, 0.6) is 0 Å². The van der Waals surface area contributed by atoms with Gasteiger partial charge in [-0.25, -0.2) is 5.43 Å². The van der Waals surface area contributed by atoms with E-state index in [0.717, 1.165) is 17.9 Å². The van der Waals surface area contributed by atoms with Gasteiger partial charge in [-0.3, -0.25) is 5.84 Å². The SMILES string of the molecule is Cc1ccc(C(NN)C2CC(C)(C)OC2(C)C)o1. The lowest BCUT2D eigenvalue weighted by molar-refractivity contribution is -0.0785. The second kappa shape index (κ2) is 4.37. The van der Waals surface area contributed by atoms with Crippen molar-refractivity contribution in [3.05, 3.63) is 23.7 Å². The number of hydrogen-bond donors (Lipinski definition) is 2. The molecule has 2 heterocycles. The lowest BCUT2D eigenvalue weighted by Gasteiger charge is -2.31. The van der Waals surface area contributed by atoms with Crippen molar-refractivity contribution in [2.24, 2.45) is 11.8 Å². The van der Waals surface area contributed by atoms with Crippen LogP contribution in [0.1, 0.15) is 51.7 Å². The summed E-state index contributed by atoms with van der Waals surface area (Å²) in [4.78, 5) is 0. The molecule has 3 N–H and O–H groups in total. The molecular formula is C14H24N2O2. The van der Waals surface area contributed by atoms with Crippen molar-refractivity contribution in [3.8, 4) is 0 Å². The van der Waals surface area contributed by atoms with Crippen LogP contribution in [-0.2, 0) is 4.74 Å². The Morgan fingerprint density at radius 1 is 1.33 bits per heavy atom. The van der Waals surface area contributed by atoms with E-state index in [9.17, 15) is 0 Å². The van der Waals surface area contributed by atoms with Gasteiger partial charge in [0.1, 0.15) is 11.5 Å². The number of rotatable bonds is 3. The van der Waals surface area contributed by atoms with Crippen molar-refractivity contribution < 1.29 is 9.15 Å². The first kappa shape index (κ1) is 13.6. The maximum absolute atomic E-state index is 6.12. The average Bonchev–Trinajstić information content (AvgIpc) is 2.70. The van der Waals surface area contributed by atoms with E-state index in [0.29, 0.717) is 0 Å². The van der Waals surface area contributed by atoms with Crippen molar-refractivity contribution in [2.45, 2.75) is 58.3 Å². The molecule has 0 bridgehead atoms. The number of ether oxygens (including phenoxy) is 1. The molecule has 0 amide bonds. The number of hydrogen-bond acceptors (Lipinski definition) is 4. The zero-order chi connectivity index (χ0) is 13.6.